The van der Waals surface area contributed by atoms with E-state index >= 15 is 0 Å². The van der Waals surface area contributed by atoms with Crippen molar-refractivity contribution in [1.82, 2.24) is 5.32 Å². The highest BCUT2D eigenvalue weighted by Gasteiger charge is 2.08. The van der Waals surface area contributed by atoms with Crippen LogP contribution in [0, 0.1) is 5.92 Å². The van der Waals surface area contributed by atoms with E-state index in [0.29, 0.717) is 5.92 Å². The highest BCUT2D eigenvalue weighted by atomic mass is 15.0. The molecule has 0 amide bonds. The van der Waals surface area contributed by atoms with Crippen molar-refractivity contribution < 1.29 is 0 Å². The number of hydrogen-bond acceptors (Lipinski definition) is 1. The average molecular weight is 176 g/mol. The van der Waals surface area contributed by atoms with Crippen LogP contribution in [0.4, 0.5) is 0 Å². The predicted molar refractivity (Wildman–Crippen MR) is 57.7 cm³/mol. The van der Waals surface area contributed by atoms with Crippen molar-refractivity contribution in [3.05, 3.63) is 36.1 Å². The van der Waals surface area contributed by atoms with Crippen LogP contribution in [0.5, 0.6) is 0 Å². The van der Waals surface area contributed by atoms with E-state index in [1.807, 2.05) is 12.3 Å². The molecule has 70 valence electrons. The van der Waals surface area contributed by atoms with Crippen molar-refractivity contribution in [3.8, 4) is 0 Å². The quantitative estimate of drug-likeness (QED) is 0.685. The second-order valence-corrected chi connectivity index (χ2v) is 3.38. The van der Waals surface area contributed by atoms with E-state index in [9.17, 15) is 0 Å². The molecule has 13 heavy (non-hydrogen) atoms. The molecule has 0 atom stereocenters. The Hall–Kier alpha value is -1.31. The summed E-state index contributed by atoms with van der Waals surface area (Å²) in [4.78, 5) is 4.11. The van der Waals surface area contributed by atoms with Crippen molar-refractivity contribution in [2.24, 2.45) is 10.9 Å². The number of hydrogen-bond donors (Lipinski definition) is 1. The number of allylic oxidation sites excluding steroid dienone is 2. The van der Waals surface area contributed by atoms with Gasteiger partial charge in [0.2, 0.25) is 0 Å². The molecule has 1 aliphatic heterocycles. The summed E-state index contributed by atoms with van der Waals surface area (Å²) in [5.74, 6) is 1.40. The van der Waals surface area contributed by atoms with Gasteiger partial charge in [-0.1, -0.05) is 26.0 Å². The topological polar surface area (TPSA) is 24.4 Å². The summed E-state index contributed by atoms with van der Waals surface area (Å²) in [6.45, 7) is 8.26. The molecule has 0 aromatic carbocycles. The van der Waals surface area contributed by atoms with E-state index in [1.54, 1.807) is 7.05 Å². The average Bonchev–Trinajstić information content (AvgIpc) is 2.51. The van der Waals surface area contributed by atoms with E-state index < -0.39 is 0 Å². The van der Waals surface area contributed by atoms with Gasteiger partial charge in [-0.15, -0.1) is 0 Å². The molecule has 0 aliphatic carbocycles. The van der Waals surface area contributed by atoms with Gasteiger partial charge < -0.3 is 5.32 Å². The first-order chi connectivity index (χ1) is 6.15. The third-order valence-electron chi connectivity index (χ3n) is 2.06. The molecule has 0 fully saturated rings. The van der Waals surface area contributed by atoms with Crippen LogP contribution in [0.2, 0.25) is 0 Å². The maximum absolute atomic E-state index is 4.11. The monoisotopic (exact) mass is 176 g/mol. The van der Waals surface area contributed by atoms with Crippen molar-refractivity contribution >= 4 is 5.84 Å². The summed E-state index contributed by atoms with van der Waals surface area (Å²) < 4.78 is 0. The Kier molecular flexibility index (Phi) is 3.07. The molecule has 2 heteroatoms. The molecule has 0 saturated carbocycles. The SMILES string of the molecule is C=C(/C=C1/C=CNC1=NC)C(C)C. The molecule has 2 nitrogen and oxygen atoms in total. The van der Waals surface area contributed by atoms with Crippen molar-refractivity contribution in [3.63, 3.8) is 0 Å². The standard InChI is InChI=1S/C11H16N2/c1-8(2)9(3)7-10-5-6-13-11(10)12-4/h5-8H,3H2,1-2,4H3,(H,12,13)/b10-7-. The Morgan fingerprint density at radius 1 is 1.62 bits per heavy atom. The van der Waals surface area contributed by atoms with Gasteiger partial charge in [0.1, 0.15) is 5.84 Å². The molecule has 0 unspecified atom stereocenters. The molecular formula is C11H16N2. The summed E-state index contributed by atoms with van der Waals surface area (Å²) in [7, 11) is 1.78. The third-order valence-corrected chi connectivity index (χ3v) is 2.06. The molecule has 0 spiro atoms. The van der Waals surface area contributed by atoms with Crippen LogP contribution >= 0.6 is 0 Å². The molecule has 1 N–H and O–H groups in total. The van der Waals surface area contributed by atoms with Gasteiger partial charge in [-0.05, 0) is 18.1 Å². The van der Waals surface area contributed by atoms with Crippen LogP contribution < -0.4 is 5.32 Å². The minimum Gasteiger partial charge on any atom is -0.346 e. The van der Waals surface area contributed by atoms with E-state index in [2.05, 4.69) is 36.8 Å². The van der Waals surface area contributed by atoms with E-state index in [1.165, 1.54) is 0 Å². The zero-order valence-corrected chi connectivity index (χ0v) is 8.46. The Morgan fingerprint density at radius 3 is 2.85 bits per heavy atom. The first-order valence-electron chi connectivity index (χ1n) is 4.46. The number of nitrogens with one attached hydrogen (secondary N) is 1. The van der Waals surface area contributed by atoms with Crippen molar-refractivity contribution in [2.75, 3.05) is 7.05 Å². The summed E-state index contributed by atoms with van der Waals surface area (Å²) in [5.41, 5.74) is 2.24. The number of amidine groups is 1. The minimum absolute atomic E-state index is 0.486. The predicted octanol–water partition coefficient (Wildman–Crippen LogP) is 2.27. The van der Waals surface area contributed by atoms with Crippen LogP contribution in [0.15, 0.2) is 41.1 Å². The van der Waals surface area contributed by atoms with Gasteiger partial charge in [0.25, 0.3) is 0 Å². The Balaban J connectivity index is 2.82. The first-order valence-corrected chi connectivity index (χ1v) is 4.46. The van der Waals surface area contributed by atoms with Crippen molar-refractivity contribution in [2.45, 2.75) is 13.8 Å². The Labute approximate surface area is 79.8 Å². The smallest absolute Gasteiger partial charge is 0.132 e. The van der Waals surface area contributed by atoms with Crippen LogP contribution in [-0.2, 0) is 0 Å². The lowest BCUT2D eigenvalue weighted by Crippen LogP contribution is -2.12. The van der Waals surface area contributed by atoms with Crippen LogP contribution in [-0.4, -0.2) is 12.9 Å². The molecular weight excluding hydrogens is 160 g/mol. The number of nitrogens with zero attached hydrogens (tertiary/aromatic N) is 1. The zero-order chi connectivity index (χ0) is 9.84. The summed E-state index contributed by atoms with van der Waals surface area (Å²) in [6, 6.07) is 0. The van der Waals surface area contributed by atoms with Crippen LogP contribution in [0.25, 0.3) is 0 Å². The maximum Gasteiger partial charge on any atom is 0.132 e. The van der Waals surface area contributed by atoms with E-state index in [4.69, 9.17) is 0 Å². The van der Waals surface area contributed by atoms with Gasteiger partial charge in [-0.2, -0.15) is 0 Å². The third kappa shape index (κ3) is 2.31. The van der Waals surface area contributed by atoms with Gasteiger partial charge in [0, 0.05) is 18.8 Å². The van der Waals surface area contributed by atoms with Gasteiger partial charge >= 0.3 is 0 Å². The lowest BCUT2D eigenvalue weighted by atomic mass is 10.0. The van der Waals surface area contributed by atoms with Crippen LogP contribution in [0.3, 0.4) is 0 Å². The molecule has 0 aromatic heterocycles. The fourth-order valence-corrected chi connectivity index (χ4v) is 1.05. The van der Waals surface area contributed by atoms with Crippen LogP contribution in [0.1, 0.15) is 13.8 Å². The van der Waals surface area contributed by atoms with Gasteiger partial charge in [-0.3, -0.25) is 4.99 Å². The lowest BCUT2D eigenvalue weighted by Gasteiger charge is -2.05. The lowest BCUT2D eigenvalue weighted by molar-refractivity contribution is 0.795. The molecule has 0 bridgehead atoms. The Morgan fingerprint density at radius 2 is 2.31 bits per heavy atom. The zero-order valence-electron chi connectivity index (χ0n) is 8.46. The molecule has 1 rings (SSSR count). The summed E-state index contributed by atoms with van der Waals surface area (Å²) in [5, 5.41) is 3.06. The highest BCUT2D eigenvalue weighted by Crippen LogP contribution is 2.14. The number of rotatable bonds is 2. The normalized spacial score (nSPS) is 21.5. The second kappa shape index (κ2) is 4.08. The minimum atomic E-state index is 0.486. The molecule has 1 heterocycles. The van der Waals surface area contributed by atoms with Gasteiger partial charge in [0.15, 0.2) is 0 Å². The van der Waals surface area contributed by atoms with Crippen molar-refractivity contribution in [1.29, 1.82) is 0 Å². The fraction of sp³-hybridized carbons (Fsp3) is 0.364. The largest absolute Gasteiger partial charge is 0.346 e. The number of aliphatic imine (C=N–C) groups is 1. The highest BCUT2D eigenvalue weighted by molar-refractivity contribution is 6.04. The molecule has 0 radical (unpaired) electrons. The van der Waals surface area contributed by atoms with E-state index in [0.717, 1.165) is 17.0 Å². The van der Waals surface area contributed by atoms with E-state index in [-0.39, 0.29) is 0 Å². The molecule has 0 saturated heterocycles. The van der Waals surface area contributed by atoms with Gasteiger partial charge in [0.05, 0.1) is 0 Å². The molecule has 0 aromatic rings. The first kappa shape index (κ1) is 9.78. The fourth-order valence-electron chi connectivity index (χ4n) is 1.05. The second-order valence-electron chi connectivity index (χ2n) is 3.38. The Bertz CT molecular complexity index is 293. The summed E-state index contributed by atoms with van der Waals surface area (Å²) >= 11 is 0. The summed E-state index contributed by atoms with van der Waals surface area (Å²) in [6.07, 6.45) is 5.97. The van der Waals surface area contributed by atoms with Gasteiger partial charge in [-0.25, -0.2) is 0 Å². The maximum atomic E-state index is 4.11. The molecule has 1 aliphatic rings.